The number of hydrogen-bond donors (Lipinski definition) is 1. The Morgan fingerprint density at radius 2 is 2.11 bits per heavy atom. The maximum absolute atomic E-state index is 10.5. The summed E-state index contributed by atoms with van der Waals surface area (Å²) in [5.74, 6) is 0. The molecule has 1 aliphatic rings. The molecule has 0 radical (unpaired) electrons. The van der Waals surface area contributed by atoms with E-state index in [0.29, 0.717) is 0 Å². The van der Waals surface area contributed by atoms with E-state index in [0.717, 1.165) is 37.3 Å². The van der Waals surface area contributed by atoms with E-state index in [1.807, 2.05) is 19.1 Å². The van der Waals surface area contributed by atoms with Gasteiger partial charge in [0, 0.05) is 24.0 Å². The van der Waals surface area contributed by atoms with Crippen LogP contribution in [0.3, 0.4) is 0 Å². The van der Waals surface area contributed by atoms with E-state index < -0.39 is 6.10 Å². The fourth-order valence-corrected chi connectivity index (χ4v) is 2.52. The van der Waals surface area contributed by atoms with Crippen LogP contribution in [0.25, 0.3) is 0 Å². The molecule has 1 aliphatic heterocycles. The van der Waals surface area contributed by atoms with Gasteiger partial charge in [-0.15, -0.1) is 0 Å². The topological polar surface area (TPSA) is 39.6 Å². The summed E-state index contributed by atoms with van der Waals surface area (Å²) in [6, 6.07) is 4.08. The third kappa shape index (κ3) is 3.07. The van der Waals surface area contributed by atoms with Gasteiger partial charge < -0.3 is 10.0 Å². The molecule has 2 heterocycles. The van der Waals surface area contributed by atoms with Gasteiger partial charge in [-0.05, 0) is 46.6 Å². The SMILES string of the molecule is Cc1ccc(C(O)C2CN(C)CCCN2C)cn1. The van der Waals surface area contributed by atoms with E-state index in [-0.39, 0.29) is 6.04 Å². The zero-order chi connectivity index (χ0) is 13.1. The first-order valence-corrected chi connectivity index (χ1v) is 6.57. The average Bonchev–Trinajstić information content (AvgIpc) is 2.51. The van der Waals surface area contributed by atoms with Crippen molar-refractivity contribution in [1.29, 1.82) is 0 Å². The van der Waals surface area contributed by atoms with Crippen molar-refractivity contribution >= 4 is 0 Å². The lowest BCUT2D eigenvalue weighted by Crippen LogP contribution is -2.42. The molecule has 0 aromatic carbocycles. The first kappa shape index (κ1) is 13.5. The Morgan fingerprint density at radius 3 is 2.78 bits per heavy atom. The van der Waals surface area contributed by atoms with Crippen LogP contribution in [0.4, 0.5) is 0 Å². The summed E-state index contributed by atoms with van der Waals surface area (Å²) in [5, 5.41) is 10.5. The Morgan fingerprint density at radius 1 is 1.33 bits per heavy atom. The molecule has 1 fully saturated rings. The van der Waals surface area contributed by atoms with Crippen LogP contribution < -0.4 is 0 Å². The minimum atomic E-state index is -0.469. The number of nitrogens with zero attached hydrogens (tertiary/aromatic N) is 3. The molecule has 0 saturated carbocycles. The van der Waals surface area contributed by atoms with Crippen molar-refractivity contribution in [2.45, 2.75) is 25.5 Å². The van der Waals surface area contributed by atoms with Crippen LogP contribution in [-0.4, -0.2) is 59.7 Å². The van der Waals surface area contributed by atoms with Crippen molar-refractivity contribution in [3.63, 3.8) is 0 Å². The van der Waals surface area contributed by atoms with Crippen LogP contribution >= 0.6 is 0 Å². The summed E-state index contributed by atoms with van der Waals surface area (Å²) in [5.41, 5.74) is 1.89. The van der Waals surface area contributed by atoms with Gasteiger partial charge in [-0.1, -0.05) is 6.07 Å². The molecule has 2 atom stereocenters. The molecule has 2 rings (SSSR count). The molecule has 1 saturated heterocycles. The summed E-state index contributed by atoms with van der Waals surface area (Å²) >= 11 is 0. The standard InChI is InChI=1S/C14H23N3O/c1-11-5-6-12(9-15-11)14(18)13-10-16(2)7-4-8-17(13)3/h5-6,9,13-14,18H,4,7-8,10H2,1-3H3. The van der Waals surface area contributed by atoms with Gasteiger partial charge in [0.25, 0.3) is 0 Å². The van der Waals surface area contributed by atoms with E-state index in [1.54, 1.807) is 6.20 Å². The minimum Gasteiger partial charge on any atom is -0.387 e. The van der Waals surface area contributed by atoms with E-state index in [4.69, 9.17) is 0 Å². The molecule has 18 heavy (non-hydrogen) atoms. The van der Waals surface area contributed by atoms with Gasteiger partial charge in [0.2, 0.25) is 0 Å². The second-order valence-corrected chi connectivity index (χ2v) is 5.34. The molecule has 0 amide bonds. The average molecular weight is 249 g/mol. The Balaban J connectivity index is 2.14. The highest BCUT2D eigenvalue weighted by molar-refractivity contribution is 5.17. The smallest absolute Gasteiger partial charge is 0.0972 e. The molecule has 0 spiro atoms. The number of aliphatic hydroxyl groups is 1. The molecule has 100 valence electrons. The predicted molar refractivity (Wildman–Crippen MR) is 72.5 cm³/mol. The minimum absolute atomic E-state index is 0.141. The van der Waals surface area contributed by atoms with Gasteiger partial charge >= 0.3 is 0 Å². The zero-order valence-corrected chi connectivity index (χ0v) is 11.5. The lowest BCUT2D eigenvalue weighted by Gasteiger charge is -2.31. The van der Waals surface area contributed by atoms with Crippen LogP contribution in [0.1, 0.15) is 23.8 Å². The van der Waals surface area contributed by atoms with Gasteiger partial charge in [0.1, 0.15) is 0 Å². The fraction of sp³-hybridized carbons (Fsp3) is 0.643. The van der Waals surface area contributed by atoms with E-state index in [9.17, 15) is 5.11 Å². The van der Waals surface area contributed by atoms with Gasteiger partial charge in [0.05, 0.1) is 12.1 Å². The van der Waals surface area contributed by atoms with Crippen molar-refractivity contribution in [2.24, 2.45) is 0 Å². The maximum atomic E-state index is 10.5. The van der Waals surface area contributed by atoms with Crippen LogP contribution in [0.5, 0.6) is 0 Å². The molecule has 0 bridgehead atoms. The highest BCUT2D eigenvalue weighted by atomic mass is 16.3. The van der Waals surface area contributed by atoms with E-state index >= 15 is 0 Å². The first-order chi connectivity index (χ1) is 8.58. The van der Waals surface area contributed by atoms with E-state index in [2.05, 4.69) is 28.9 Å². The summed E-state index contributed by atoms with van der Waals surface area (Å²) in [6.07, 6.45) is 2.48. The number of hydrogen-bond acceptors (Lipinski definition) is 4. The first-order valence-electron chi connectivity index (χ1n) is 6.57. The van der Waals surface area contributed by atoms with Crippen molar-refractivity contribution in [3.8, 4) is 0 Å². The maximum Gasteiger partial charge on any atom is 0.0972 e. The molecular weight excluding hydrogens is 226 g/mol. The number of likely N-dealkylation sites (N-methyl/N-ethyl adjacent to an activating group) is 2. The Bertz CT molecular complexity index is 379. The molecule has 0 aliphatic carbocycles. The molecule has 1 aromatic heterocycles. The molecule has 1 aromatic rings. The summed E-state index contributed by atoms with van der Waals surface area (Å²) in [4.78, 5) is 8.82. The quantitative estimate of drug-likeness (QED) is 0.851. The van der Waals surface area contributed by atoms with Crippen molar-refractivity contribution in [3.05, 3.63) is 29.6 Å². The molecular formula is C14H23N3O. The van der Waals surface area contributed by atoms with Crippen molar-refractivity contribution in [1.82, 2.24) is 14.8 Å². The number of rotatable bonds is 2. The van der Waals surface area contributed by atoms with Crippen LogP contribution in [0.2, 0.25) is 0 Å². The van der Waals surface area contributed by atoms with Crippen molar-refractivity contribution < 1.29 is 5.11 Å². The van der Waals surface area contributed by atoms with Crippen LogP contribution in [-0.2, 0) is 0 Å². The third-order valence-corrected chi connectivity index (χ3v) is 3.76. The predicted octanol–water partition coefficient (Wildman–Crippen LogP) is 1.06. The third-order valence-electron chi connectivity index (χ3n) is 3.76. The highest BCUT2D eigenvalue weighted by Crippen LogP contribution is 2.22. The summed E-state index contributed by atoms with van der Waals surface area (Å²) in [7, 11) is 4.21. The summed E-state index contributed by atoms with van der Waals surface area (Å²) < 4.78 is 0. The lowest BCUT2D eigenvalue weighted by atomic mass is 10.0. The number of aliphatic hydroxyl groups excluding tert-OH is 1. The second kappa shape index (κ2) is 5.78. The van der Waals surface area contributed by atoms with E-state index in [1.165, 1.54) is 0 Å². The largest absolute Gasteiger partial charge is 0.387 e. The normalized spacial score (nSPS) is 24.8. The highest BCUT2D eigenvalue weighted by Gasteiger charge is 2.28. The fourth-order valence-electron chi connectivity index (χ4n) is 2.52. The van der Waals surface area contributed by atoms with Gasteiger partial charge in [-0.25, -0.2) is 0 Å². The Labute approximate surface area is 109 Å². The second-order valence-electron chi connectivity index (χ2n) is 5.34. The van der Waals surface area contributed by atoms with Gasteiger partial charge in [0.15, 0.2) is 0 Å². The van der Waals surface area contributed by atoms with Crippen molar-refractivity contribution in [2.75, 3.05) is 33.7 Å². The molecule has 4 heteroatoms. The Kier molecular flexibility index (Phi) is 4.32. The number of pyridine rings is 1. The van der Waals surface area contributed by atoms with Crippen LogP contribution in [0.15, 0.2) is 18.3 Å². The zero-order valence-electron chi connectivity index (χ0n) is 11.5. The van der Waals surface area contributed by atoms with Gasteiger partial charge in [-0.2, -0.15) is 0 Å². The van der Waals surface area contributed by atoms with Gasteiger partial charge in [-0.3, -0.25) is 9.88 Å². The van der Waals surface area contributed by atoms with Crippen LogP contribution in [0, 0.1) is 6.92 Å². The molecule has 4 nitrogen and oxygen atoms in total. The Hall–Kier alpha value is -0.970. The lowest BCUT2D eigenvalue weighted by molar-refractivity contribution is 0.0570. The molecule has 1 N–H and O–H groups in total. The summed E-state index contributed by atoms with van der Waals surface area (Å²) in [6.45, 7) is 4.98. The number of aryl methyl sites for hydroxylation is 1. The number of aromatic nitrogens is 1. The monoisotopic (exact) mass is 249 g/mol. The molecule has 2 unspecified atom stereocenters.